The van der Waals surface area contributed by atoms with Gasteiger partial charge in [-0.25, -0.2) is 5.84 Å². The summed E-state index contributed by atoms with van der Waals surface area (Å²) < 4.78 is 0. The molecule has 0 atom stereocenters. The number of nitrogens with two attached hydrogens (primary N) is 1. The van der Waals surface area contributed by atoms with E-state index in [-0.39, 0.29) is 5.91 Å². The standard InChI is InChI=1S/C16H16N4O/c17-18-15(21)14-11-16(20-19-14,12-7-3-1-4-8-12)13-9-5-2-6-10-13/h1-10,20H,11,17H2,(H,18,21). The van der Waals surface area contributed by atoms with Gasteiger partial charge >= 0.3 is 0 Å². The summed E-state index contributed by atoms with van der Waals surface area (Å²) in [5.41, 5.74) is 7.24. The van der Waals surface area contributed by atoms with Crippen LogP contribution in [0.1, 0.15) is 17.5 Å². The van der Waals surface area contributed by atoms with Gasteiger partial charge in [0.1, 0.15) is 11.3 Å². The lowest BCUT2D eigenvalue weighted by Gasteiger charge is -2.30. The SMILES string of the molecule is NNC(=O)C1=NNC(c2ccccc2)(c2ccccc2)C1. The summed E-state index contributed by atoms with van der Waals surface area (Å²) in [6.45, 7) is 0. The van der Waals surface area contributed by atoms with E-state index in [4.69, 9.17) is 5.84 Å². The van der Waals surface area contributed by atoms with Crippen LogP contribution in [0, 0.1) is 0 Å². The molecule has 0 bridgehead atoms. The van der Waals surface area contributed by atoms with Crippen molar-refractivity contribution >= 4 is 11.6 Å². The van der Waals surface area contributed by atoms with Gasteiger partial charge in [-0.05, 0) is 11.1 Å². The van der Waals surface area contributed by atoms with Gasteiger partial charge < -0.3 is 0 Å². The molecule has 0 fully saturated rings. The average molecular weight is 280 g/mol. The lowest BCUT2D eigenvalue weighted by molar-refractivity contribution is -0.114. The Morgan fingerprint density at radius 3 is 2.05 bits per heavy atom. The van der Waals surface area contributed by atoms with Crippen molar-refractivity contribution in [2.45, 2.75) is 12.0 Å². The van der Waals surface area contributed by atoms with E-state index in [2.05, 4.69) is 16.0 Å². The summed E-state index contributed by atoms with van der Waals surface area (Å²) in [5, 5.41) is 4.19. The number of hydrazine groups is 1. The minimum Gasteiger partial charge on any atom is -0.294 e. The number of hydrazone groups is 1. The molecule has 5 nitrogen and oxygen atoms in total. The lowest BCUT2D eigenvalue weighted by atomic mass is 9.80. The maximum Gasteiger partial charge on any atom is 0.281 e. The van der Waals surface area contributed by atoms with E-state index in [9.17, 15) is 4.79 Å². The second-order valence-corrected chi connectivity index (χ2v) is 4.96. The predicted molar refractivity (Wildman–Crippen MR) is 81.2 cm³/mol. The number of nitrogens with one attached hydrogen (secondary N) is 2. The molecule has 1 aliphatic heterocycles. The molecule has 1 aliphatic rings. The summed E-state index contributed by atoms with van der Waals surface area (Å²) >= 11 is 0. The fraction of sp³-hybridized carbons (Fsp3) is 0.125. The van der Waals surface area contributed by atoms with Crippen LogP contribution in [-0.2, 0) is 10.3 Å². The Kier molecular flexibility index (Phi) is 3.41. The molecule has 1 amide bonds. The predicted octanol–water partition coefficient (Wildman–Crippen LogP) is 1.27. The molecule has 106 valence electrons. The first-order valence-corrected chi connectivity index (χ1v) is 6.72. The van der Waals surface area contributed by atoms with Crippen molar-refractivity contribution in [1.82, 2.24) is 10.9 Å². The molecule has 2 aromatic carbocycles. The van der Waals surface area contributed by atoms with Crippen molar-refractivity contribution in [2.24, 2.45) is 10.9 Å². The van der Waals surface area contributed by atoms with E-state index >= 15 is 0 Å². The van der Waals surface area contributed by atoms with Gasteiger partial charge in [0.2, 0.25) is 0 Å². The Morgan fingerprint density at radius 2 is 1.57 bits per heavy atom. The van der Waals surface area contributed by atoms with E-state index in [0.29, 0.717) is 12.1 Å². The number of carbonyl (C=O) groups excluding carboxylic acids is 1. The van der Waals surface area contributed by atoms with Gasteiger partial charge in [0.25, 0.3) is 5.91 Å². The Hall–Kier alpha value is -2.66. The number of amides is 1. The Bertz CT molecular complexity index is 628. The van der Waals surface area contributed by atoms with Gasteiger partial charge in [-0.1, -0.05) is 60.7 Å². The zero-order valence-electron chi connectivity index (χ0n) is 11.4. The van der Waals surface area contributed by atoms with Gasteiger partial charge in [-0.2, -0.15) is 5.10 Å². The topological polar surface area (TPSA) is 79.5 Å². The fourth-order valence-corrected chi connectivity index (χ4v) is 2.65. The summed E-state index contributed by atoms with van der Waals surface area (Å²) in [5.74, 6) is 4.85. The number of carbonyl (C=O) groups is 1. The molecular formula is C16H16N4O. The molecule has 3 rings (SSSR count). The van der Waals surface area contributed by atoms with Crippen molar-refractivity contribution in [3.63, 3.8) is 0 Å². The molecule has 0 saturated heterocycles. The number of hydrogen-bond acceptors (Lipinski definition) is 4. The van der Waals surface area contributed by atoms with Crippen LogP contribution < -0.4 is 16.7 Å². The third kappa shape index (κ3) is 2.28. The first-order valence-electron chi connectivity index (χ1n) is 6.72. The second-order valence-electron chi connectivity index (χ2n) is 4.96. The van der Waals surface area contributed by atoms with Crippen LogP contribution in [0.2, 0.25) is 0 Å². The van der Waals surface area contributed by atoms with E-state index < -0.39 is 5.54 Å². The van der Waals surface area contributed by atoms with Gasteiger partial charge in [0.15, 0.2) is 0 Å². The fourth-order valence-electron chi connectivity index (χ4n) is 2.65. The van der Waals surface area contributed by atoms with Crippen molar-refractivity contribution < 1.29 is 4.79 Å². The maximum absolute atomic E-state index is 11.8. The van der Waals surface area contributed by atoms with Crippen LogP contribution in [0.5, 0.6) is 0 Å². The summed E-state index contributed by atoms with van der Waals surface area (Å²) in [4.78, 5) is 11.8. The number of nitrogens with zero attached hydrogens (tertiary/aromatic N) is 1. The normalized spacial score (nSPS) is 16.0. The van der Waals surface area contributed by atoms with Crippen LogP contribution in [-0.4, -0.2) is 11.6 Å². The molecule has 4 N–H and O–H groups in total. The zero-order chi connectivity index (χ0) is 14.7. The molecule has 5 heteroatoms. The second kappa shape index (κ2) is 5.38. The lowest BCUT2D eigenvalue weighted by Crippen LogP contribution is -2.40. The monoisotopic (exact) mass is 280 g/mol. The first-order chi connectivity index (χ1) is 10.3. The van der Waals surface area contributed by atoms with Gasteiger partial charge in [-0.3, -0.25) is 15.6 Å². The largest absolute Gasteiger partial charge is 0.294 e. The third-order valence-corrected chi connectivity index (χ3v) is 3.74. The van der Waals surface area contributed by atoms with Crippen molar-refractivity contribution in [2.75, 3.05) is 0 Å². The van der Waals surface area contributed by atoms with E-state index in [1.807, 2.05) is 60.7 Å². The minimum atomic E-state index is -0.537. The molecule has 0 saturated carbocycles. The number of rotatable bonds is 3. The number of benzene rings is 2. The van der Waals surface area contributed by atoms with Gasteiger partial charge in [0, 0.05) is 6.42 Å². The number of hydrogen-bond donors (Lipinski definition) is 3. The van der Waals surface area contributed by atoms with Crippen molar-refractivity contribution in [1.29, 1.82) is 0 Å². The first kappa shape index (κ1) is 13.3. The van der Waals surface area contributed by atoms with E-state index in [1.165, 1.54) is 0 Å². The van der Waals surface area contributed by atoms with Crippen molar-refractivity contribution in [3.05, 3.63) is 71.8 Å². The average Bonchev–Trinajstić information content (AvgIpc) is 3.02. The molecule has 0 radical (unpaired) electrons. The molecule has 1 heterocycles. The smallest absolute Gasteiger partial charge is 0.281 e. The Labute approximate surface area is 122 Å². The quantitative estimate of drug-likeness (QED) is 0.450. The molecule has 0 unspecified atom stereocenters. The van der Waals surface area contributed by atoms with E-state index in [0.717, 1.165) is 11.1 Å². The molecule has 2 aromatic rings. The molecule has 0 aromatic heterocycles. The van der Waals surface area contributed by atoms with E-state index in [1.54, 1.807) is 0 Å². The summed E-state index contributed by atoms with van der Waals surface area (Å²) in [6, 6.07) is 19.9. The van der Waals surface area contributed by atoms with Crippen LogP contribution in [0.3, 0.4) is 0 Å². The Morgan fingerprint density at radius 1 is 1.05 bits per heavy atom. The highest BCUT2D eigenvalue weighted by molar-refractivity contribution is 6.39. The van der Waals surface area contributed by atoms with Crippen LogP contribution in [0.4, 0.5) is 0 Å². The van der Waals surface area contributed by atoms with Gasteiger partial charge in [-0.15, -0.1) is 0 Å². The molecule has 21 heavy (non-hydrogen) atoms. The third-order valence-electron chi connectivity index (χ3n) is 3.74. The molecule has 0 spiro atoms. The van der Waals surface area contributed by atoms with Crippen molar-refractivity contribution in [3.8, 4) is 0 Å². The molecular weight excluding hydrogens is 264 g/mol. The van der Waals surface area contributed by atoms with Crippen LogP contribution in [0.25, 0.3) is 0 Å². The van der Waals surface area contributed by atoms with Gasteiger partial charge in [0.05, 0.1) is 0 Å². The maximum atomic E-state index is 11.8. The highest BCUT2D eigenvalue weighted by Gasteiger charge is 2.41. The van der Waals surface area contributed by atoms with Crippen LogP contribution >= 0.6 is 0 Å². The minimum absolute atomic E-state index is 0.365. The van der Waals surface area contributed by atoms with Crippen LogP contribution in [0.15, 0.2) is 65.8 Å². The zero-order valence-corrected chi connectivity index (χ0v) is 11.4. The summed E-state index contributed by atoms with van der Waals surface area (Å²) in [7, 11) is 0. The highest BCUT2D eigenvalue weighted by Crippen LogP contribution is 2.36. The Balaban J connectivity index is 2.05. The highest BCUT2D eigenvalue weighted by atomic mass is 16.2. The summed E-state index contributed by atoms with van der Waals surface area (Å²) in [6.07, 6.45) is 0.448. The molecule has 0 aliphatic carbocycles.